The van der Waals surface area contributed by atoms with Crippen LogP contribution in [0.3, 0.4) is 0 Å². The molecule has 4 heterocycles. The van der Waals surface area contributed by atoms with Gasteiger partial charge in [-0.2, -0.15) is 4.98 Å². The zero-order chi connectivity index (χ0) is 20.1. The van der Waals surface area contributed by atoms with Crippen molar-refractivity contribution >= 4 is 39.9 Å². The zero-order valence-electron chi connectivity index (χ0n) is 15.9. The van der Waals surface area contributed by atoms with Gasteiger partial charge in [-0.3, -0.25) is 4.79 Å². The van der Waals surface area contributed by atoms with Crippen LogP contribution in [-0.2, 0) is 17.6 Å². The van der Waals surface area contributed by atoms with Crippen molar-refractivity contribution in [1.29, 1.82) is 0 Å². The number of carbonyl (C=O) groups is 1. The Labute approximate surface area is 180 Å². The van der Waals surface area contributed by atoms with Gasteiger partial charge in [0.2, 0.25) is 17.6 Å². The van der Waals surface area contributed by atoms with Gasteiger partial charge in [-0.05, 0) is 43.3 Å². The smallest absolute Gasteiger partial charge is 0.226 e. The summed E-state index contributed by atoms with van der Waals surface area (Å²) in [5.41, 5.74) is 1.04. The second-order valence-electron chi connectivity index (χ2n) is 6.46. The van der Waals surface area contributed by atoms with Crippen LogP contribution >= 0.6 is 34.0 Å². The second-order valence-corrected chi connectivity index (χ2v) is 9.64. The van der Waals surface area contributed by atoms with Gasteiger partial charge in [0.05, 0.1) is 20.5 Å². The number of amides is 1. The second kappa shape index (κ2) is 9.43. The first-order valence-corrected chi connectivity index (χ1v) is 11.9. The van der Waals surface area contributed by atoms with Gasteiger partial charge in [0.1, 0.15) is 0 Å². The van der Waals surface area contributed by atoms with Crippen LogP contribution in [0.4, 0.5) is 0 Å². The van der Waals surface area contributed by atoms with Crippen LogP contribution in [0.1, 0.15) is 28.6 Å². The van der Waals surface area contributed by atoms with E-state index in [0.717, 1.165) is 22.0 Å². The van der Waals surface area contributed by atoms with Crippen LogP contribution in [0.5, 0.6) is 0 Å². The molecule has 1 amide bonds. The molecule has 6 nitrogen and oxygen atoms in total. The molecule has 4 aromatic rings. The highest BCUT2D eigenvalue weighted by Gasteiger charge is 2.10. The highest BCUT2D eigenvalue weighted by Crippen LogP contribution is 2.29. The van der Waals surface area contributed by atoms with Crippen molar-refractivity contribution in [3.05, 3.63) is 50.8 Å². The van der Waals surface area contributed by atoms with Gasteiger partial charge < -0.3 is 9.84 Å². The molecule has 0 saturated heterocycles. The number of nitrogens with one attached hydrogen (secondary N) is 1. The number of aromatic nitrogens is 3. The minimum atomic E-state index is 0.0508. The van der Waals surface area contributed by atoms with Crippen molar-refractivity contribution in [2.45, 2.75) is 32.6 Å². The maximum absolute atomic E-state index is 12.1. The molecule has 0 spiro atoms. The lowest BCUT2D eigenvalue weighted by Crippen LogP contribution is -2.25. The van der Waals surface area contributed by atoms with E-state index >= 15 is 0 Å². The van der Waals surface area contributed by atoms with Gasteiger partial charge in [-0.1, -0.05) is 11.2 Å². The van der Waals surface area contributed by atoms with E-state index < -0.39 is 0 Å². The lowest BCUT2D eigenvalue weighted by Gasteiger charge is -2.03. The van der Waals surface area contributed by atoms with Gasteiger partial charge in [0.15, 0.2) is 0 Å². The Balaban J connectivity index is 1.16. The van der Waals surface area contributed by atoms with Crippen molar-refractivity contribution in [2.24, 2.45) is 0 Å². The summed E-state index contributed by atoms with van der Waals surface area (Å²) < 4.78 is 5.26. The molecule has 150 valence electrons. The van der Waals surface area contributed by atoms with Crippen LogP contribution in [0.2, 0.25) is 0 Å². The summed E-state index contributed by atoms with van der Waals surface area (Å²) in [5, 5.41) is 12.1. The summed E-state index contributed by atoms with van der Waals surface area (Å²) in [4.78, 5) is 24.4. The quantitative estimate of drug-likeness (QED) is 0.394. The van der Waals surface area contributed by atoms with E-state index in [-0.39, 0.29) is 5.91 Å². The first-order chi connectivity index (χ1) is 14.2. The summed E-state index contributed by atoms with van der Waals surface area (Å²) in [6, 6.07) is 8.13. The van der Waals surface area contributed by atoms with Crippen molar-refractivity contribution in [3.8, 4) is 21.3 Å². The lowest BCUT2D eigenvalue weighted by atomic mass is 10.2. The lowest BCUT2D eigenvalue weighted by molar-refractivity contribution is -0.121. The van der Waals surface area contributed by atoms with E-state index in [0.29, 0.717) is 37.5 Å². The first kappa shape index (κ1) is 19.9. The summed E-state index contributed by atoms with van der Waals surface area (Å²) in [7, 11) is 0. The highest BCUT2D eigenvalue weighted by molar-refractivity contribution is 7.16. The monoisotopic (exact) mass is 444 g/mol. The highest BCUT2D eigenvalue weighted by atomic mass is 32.1. The molecule has 0 aromatic carbocycles. The van der Waals surface area contributed by atoms with Gasteiger partial charge in [-0.15, -0.1) is 34.0 Å². The number of nitrogens with zero attached hydrogens (tertiary/aromatic N) is 3. The van der Waals surface area contributed by atoms with Crippen molar-refractivity contribution in [2.75, 3.05) is 6.54 Å². The minimum Gasteiger partial charge on any atom is -0.356 e. The third-order valence-corrected chi connectivity index (χ3v) is 7.04. The molecule has 29 heavy (non-hydrogen) atoms. The minimum absolute atomic E-state index is 0.0508. The molecule has 0 bridgehead atoms. The molecule has 1 N–H and O–H groups in total. The Kier molecular flexibility index (Phi) is 6.48. The van der Waals surface area contributed by atoms with E-state index in [1.807, 2.05) is 24.4 Å². The van der Waals surface area contributed by atoms with Crippen LogP contribution in [0, 0.1) is 6.92 Å². The van der Waals surface area contributed by atoms with Crippen molar-refractivity contribution in [3.63, 3.8) is 0 Å². The van der Waals surface area contributed by atoms with Crippen molar-refractivity contribution in [1.82, 2.24) is 20.4 Å². The molecule has 0 radical (unpaired) electrons. The summed E-state index contributed by atoms with van der Waals surface area (Å²) in [6.07, 6.45) is 2.56. The summed E-state index contributed by atoms with van der Waals surface area (Å²) >= 11 is 4.97. The third-order valence-electron chi connectivity index (χ3n) is 4.23. The topological polar surface area (TPSA) is 80.9 Å². The maximum atomic E-state index is 12.1. The van der Waals surface area contributed by atoms with E-state index in [9.17, 15) is 4.79 Å². The predicted octanol–water partition coefficient (Wildman–Crippen LogP) is 4.97. The molecular weight excluding hydrogens is 424 g/mol. The Morgan fingerprint density at radius 1 is 1.14 bits per heavy atom. The number of thiazole rings is 1. The van der Waals surface area contributed by atoms with Gasteiger partial charge in [-0.25, -0.2) is 4.98 Å². The van der Waals surface area contributed by atoms with E-state index in [1.54, 1.807) is 34.0 Å². The molecule has 0 saturated carbocycles. The molecule has 0 aliphatic carbocycles. The van der Waals surface area contributed by atoms with E-state index in [4.69, 9.17) is 4.52 Å². The summed E-state index contributed by atoms with van der Waals surface area (Å²) in [6.45, 7) is 2.65. The molecular formula is C20H20N4O2S3. The van der Waals surface area contributed by atoms with E-state index in [2.05, 4.69) is 38.0 Å². The SMILES string of the molecule is Cc1nc(-c2ccc(CCNC(=O)CCCc3nc(-c4cccs4)no3)s2)cs1. The molecule has 4 aromatic heterocycles. The van der Waals surface area contributed by atoms with Crippen LogP contribution < -0.4 is 5.32 Å². The number of hydrogen-bond donors (Lipinski definition) is 1. The Morgan fingerprint density at radius 3 is 2.86 bits per heavy atom. The standard InChI is InChI=1S/C20H20N4O2S3/c1-13-22-15(12-28-13)16-8-7-14(29-16)9-10-21-18(25)5-2-6-19-23-20(24-26-19)17-4-3-11-27-17/h3-4,7-8,11-12H,2,5-6,9-10H2,1H3,(H,21,25). The fourth-order valence-electron chi connectivity index (χ4n) is 2.80. The van der Waals surface area contributed by atoms with Crippen LogP contribution in [0.15, 0.2) is 39.5 Å². The number of thiophene rings is 2. The summed E-state index contributed by atoms with van der Waals surface area (Å²) in [5.74, 6) is 1.24. The molecule has 4 rings (SSSR count). The molecule has 0 aliphatic heterocycles. The molecule has 0 atom stereocenters. The number of aryl methyl sites for hydroxylation is 2. The van der Waals surface area contributed by atoms with Crippen LogP contribution in [-0.4, -0.2) is 27.6 Å². The predicted molar refractivity (Wildman–Crippen MR) is 117 cm³/mol. The van der Waals surface area contributed by atoms with E-state index in [1.165, 1.54) is 9.75 Å². The zero-order valence-corrected chi connectivity index (χ0v) is 18.3. The number of carbonyl (C=O) groups excluding carboxylic acids is 1. The van der Waals surface area contributed by atoms with Crippen LogP contribution in [0.25, 0.3) is 21.3 Å². The maximum Gasteiger partial charge on any atom is 0.226 e. The molecule has 0 fully saturated rings. The number of rotatable bonds is 9. The van der Waals surface area contributed by atoms with Gasteiger partial charge in [0.25, 0.3) is 0 Å². The largest absolute Gasteiger partial charge is 0.356 e. The number of hydrogen-bond acceptors (Lipinski definition) is 8. The Bertz CT molecular complexity index is 1070. The Morgan fingerprint density at radius 2 is 2.07 bits per heavy atom. The van der Waals surface area contributed by atoms with Gasteiger partial charge in [0, 0.05) is 29.6 Å². The molecule has 9 heteroatoms. The third kappa shape index (κ3) is 5.37. The molecule has 0 unspecified atom stereocenters. The fourth-order valence-corrected chi connectivity index (χ4v) is 5.11. The average Bonchev–Trinajstić information content (AvgIpc) is 3.49. The van der Waals surface area contributed by atoms with Gasteiger partial charge >= 0.3 is 0 Å². The fraction of sp³-hybridized carbons (Fsp3) is 0.300. The van der Waals surface area contributed by atoms with Crippen molar-refractivity contribution < 1.29 is 9.32 Å². The molecule has 0 aliphatic rings. The average molecular weight is 445 g/mol. The first-order valence-electron chi connectivity index (χ1n) is 9.32. The Hall–Kier alpha value is -2.36. The normalized spacial score (nSPS) is 11.1.